The lowest BCUT2D eigenvalue weighted by atomic mass is 10.1. The van der Waals surface area contributed by atoms with E-state index in [2.05, 4.69) is 0 Å². The van der Waals surface area contributed by atoms with E-state index in [1.165, 1.54) is 0 Å². The Bertz CT molecular complexity index is 412. The molecule has 1 rings (SSSR count). The molecular weight excluding hydrogens is 186 g/mol. The summed E-state index contributed by atoms with van der Waals surface area (Å²) in [5, 5.41) is 7.00. The van der Waals surface area contributed by atoms with Gasteiger partial charge in [-0.1, -0.05) is 17.7 Å². The first kappa shape index (κ1) is 10.2. The van der Waals surface area contributed by atoms with E-state index in [9.17, 15) is 8.42 Å². The van der Waals surface area contributed by atoms with E-state index in [-0.39, 0.29) is 4.90 Å². The van der Waals surface area contributed by atoms with Crippen LogP contribution in [0.3, 0.4) is 0 Å². The third-order valence-electron chi connectivity index (χ3n) is 1.87. The SMILES string of the molecule is Cc1cc(C)c(S([NH])(=O)=O)c(C)c1. The van der Waals surface area contributed by atoms with E-state index >= 15 is 0 Å². The van der Waals surface area contributed by atoms with Crippen molar-refractivity contribution in [3.63, 3.8) is 0 Å². The van der Waals surface area contributed by atoms with Crippen LogP contribution in [0.1, 0.15) is 16.7 Å². The summed E-state index contributed by atoms with van der Waals surface area (Å²) in [5.41, 5.74) is 2.31. The minimum absolute atomic E-state index is 0.137. The van der Waals surface area contributed by atoms with Gasteiger partial charge in [0.05, 0.1) is 4.90 Å². The molecule has 1 radical (unpaired) electrons. The molecule has 0 aromatic heterocycles. The highest BCUT2D eigenvalue weighted by Gasteiger charge is 2.15. The summed E-state index contributed by atoms with van der Waals surface area (Å²) in [5.74, 6) is 0. The molecule has 0 aliphatic heterocycles. The maximum absolute atomic E-state index is 11.1. The summed E-state index contributed by atoms with van der Waals surface area (Å²) < 4.78 is 22.1. The molecule has 0 fully saturated rings. The van der Waals surface area contributed by atoms with Crippen LogP contribution in [-0.2, 0) is 10.0 Å². The Kier molecular flexibility index (Phi) is 2.45. The second kappa shape index (κ2) is 3.12. The lowest BCUT2D eigenvalue weighted by Gasteiger charge is -2.07. The topological polar surface area (TPSA) is 57.9 Å². The average molecular weight is 198 g/mol. The summed E-state index contributed by atoms with van der Waals surface area (Å²) in [7, 11) is -3.83. The van der Waals surface area contributed by atoms with Gasteiger partial charge >= 0.3 is 0 Å². The largest absolute Gasteiger partial charge is 0.254 e. The second-order valence-electron chi connectivity index (χ2n) is 3.23. The van der Waals surface area contributed by atoms with Crippen molar-refractivity contribution >= 4 is 10.0 Å². The van der Waals surface area contributed by atoms with Crippen LogP contribution in [0.2, 0.25) is 0 Å². The van der Waals surface area contributed by atoms with Gasteiger partial charge in [-0.3, -0.25) is 0 Å². The minimum Gasteiger partial charge on any atom is -0.206 e. The summed E-state index contributed by atoms with van der Waals surface area (Å²) >= 11 is 0. The predicted octanol–water partition coefficient (Wildman–Crippen LogP) is 1.58. The zero-order chi connectivity index (χ0) is 10.2. The third kappa shape index (κ3) is 2.08. The van der Waals surface area contributed by atoms with Gasteiger partial charge in [-0.15, -0.1) is 5.14 Å². The van der Waals surface area contributed by atoms with Crippen molar-refractivity contribution in [2.24, 2.45) is 0 Å². The Morgan fingerprint density at radius 2 is 1.46 bits per heavy atom. The Morgan fingerprint density at radius 3 is 1.77 bits per heavy atom. The number of aryl methyl sites for hydroxylation is 3. The van der Waals surface area contributed by atoms with Gasteiger partial charge in [-0.25, -0.2) is 8.42 Å². The number of hydrogen-bond donors (Lipinski definition) is 0. The van der Waals surface area contributed by atoms with Gasteiger partial charge in [-0.05, 0) is 31.9 Å². The number of nitrogens with one attached hydrogen (secondary N) is 1. The second-order valence-corrected chi connectivity index (χ2v) is 4.65. The van der Waals surface area contributed by atoms with Crippen molar-refractivity contribution in [3.8, 4) is 0 Å². The van der Waals surface area contributed by atoms with Crippen LogP contribution in [0.15, 0.2) is 17.0 Å². The maximum atomic E-state index is 11.1. The number of sulfonamides is 1. The Balaban J connectivity index is 3.57. The smallest absolute Gasteiger partial charge is 0.206 e. The third-order valence-corrected chi connectivity index (χ3v) is 3.05. The summed E-state index contributed by atoms with van der Waals surface area (Å²) in [4.78, 5) is 0.137. The van der Waals surface area contributed by atoms with Crippen molar-refractivity contribution in [1.82, 2.24) is 5.14 Å². The van der Waals surface area contributed by atoms with Crippen LogP contribution < -0.4 is 5.14 Å². The molecule has 0 spiro atoms. The molecule has 4 heteroatoms. The molecule has 13 heavy (non-hydrogen) atoms. The molecule has 3 nitrogen and oxygen atoms in total. The molecule has 71 valence electrons. The molecule has 1 aromatic rings. The number of benzene rings is 1. The lowest BCUT2D eigenvalue weighted by molar-refractivity contribution is 0.595. The predicted molar refractivity (Wildman–Crippen MR) is 50.9 cm³/mol. The Labute approximate surface area is 78.6 Å². The molecule has 0 unspecified atom stereocenters. The Morgan fingerprint density at radius 1 is 1.08 bits per heavy atom. The molecule has 0 saturated heterocycles. The van der Waals surface area contributed by atoms with E-state index in [0.29, 0.717) is 11.1 Å². The van der Waals surface area contributed by atoms with Gasteiger partial charge in [0, 0.05) is 0 Å². The summed E-state index contributed by atoms with van der Waals surface area (Å²) in [6, 6.07) is 3.54. The maximum Gasteiger partial charge on any atom is 0.254 e. The Hall–Kier alpha value is -0.870. The molecule has 0 aliphatic carbocycles. The fraction of sp³-hybridized carbons (Fsp3) is 0.333. The number of rotatable bonds is 1. The van der Waals surface area contributed by atoms with Gasteiger partial charge in [0.1, 0.15) is 0 Å². The van der Waals surface area contributed by atoms with E-state index in [0.717, 1.165) is 5.56 Å². The van der Waals surface area contributed by atoms with Gasteiger partial charge in [0.15, 0.2) is 0 Å². The molecule has 0 aliphatic rings. The van der Waals surface area contributed by atoms with Crippen LogP contribution in [0.25, 0.3) is 0 Å². The molecule has 0 amide bonds. The highest BCUT2D eigenvalue weighted by molar-refractivity contribution is 7.89. The highest BCUT2D eigenvalue weighted by atomic mass is 32.2. The number of hydrogen-bond acceptors (Lipinski definition) is 2. The molecule has 0 heterocycles. The van der Waals surface area contributed by atoms with Crippen LogP contribution in [0, 0.1) is 20.8 Å². The van der Waals surface area contributed by atoms with Gasteiger partial charge < -0.3 is 0 Å². The molecule has 0 bridgehead atoms. The van der Waals surface area contributed by atoms with E-state index < -0.39 is 10.0 Å². The molecule has 1 N–H and O–H groups in total. The first-order valence-corrected chi connectivity index (χ1v) is 5.38. The molecular formula is C9H12NO2S. The van der Waals surface area contributed by atoms with Crippen molar-refractivity contribution in [3.05, 3.63) is 28.8 Å². The first-order chi connectivity index (χ1) is 5.82. The fourth-order valence-electron chi connectivity index (χ4n) is 1.59. The van der Waals surface area contributed by atoms with E-state index in [1.807, 2.05) is 6.92 Å². The van der Waals surface area contributed by atoms with Gasteiger partial charge in [-0.2, -0.15) is 0 Å². The van der Waals surface area contributed by atoms with Crippen molar-refractivity contribution in [2.75, 3.05) is 0 Å². The first-order valence-electron chi connectivity index (χ1n) is 3.90. The quantitative estimate of drug-likeness (QED) is 0.688. The molecule has 0 saturated carbocycles. The standard InChI is InChI=1S/C9H12NO2S/c1-6-4-7(2)9(8(3)5-6)13(10,11)12/h4-5,10H,1-3H3. The van der Waals surface area contributed by atoms with Crippen LogP contribution in [0.4, 0.5) is 0 Å². The van der Waals surface area contributed by atoms with Crippen molar-refractivity contribution in [2.45, 2.75) is 25.7 Å². The summed E-state index contributed by atoms with van der Waals surface area (Å²) in [6.07, 6.45) is 0. The highest BCUT2D eigenvalue weighted by Crippen LogP contribution is 2.20. The zero-order valence-corrected chi connectivity index (χ0v) is 8.70. The van der Waals surface area contributed by atoms with Gasteiger partial charge in [0.2, 0.25) is 0 Å². The fourth-order valence-corrected chi connectivity index (χ4v) is 2.56. The molecule has 1 aromatic carbocycles. The summed E-state index contributed by atoms with van der Waals surface area (Å²) in [6.45, 7) is 5.32. The average Bonchev–Trinajstić information content (AvgIpc) is 1.78. The van der Waals surface area contributed by atoms with Gasteiger partial charge in [0.25, 0.3) is 10.0 Å². The minimum atomic E-state index is -3.83. The van der Waals surface area contributed by atoms with Crippen LogP contribution in [-0.4, -0.2) is 8.42 Å². The van der Waals surface area contributed by atoms with Crippen LogP contribution in [0.5, 0.6) is 0 Å². The molecule has 0 atom stereocenters. The van der Waals surface area contributed by atoms with E-state index in [1.54, 1.807) is 26.0 Å². The van der Waals surface area contributed by atoms with Crippen molar-refractivity contribution in [1.29, 1.82) is 0 Å². The monoisotopic (exact) mass is 198 g/mol. The normalized spacial score (nSPS) is 11.7. The van der Waals surface area contributed by atoms with Crippen molar-refractivity contribution < 1.29 is 8.42 Å². The zero-order valence-electron chi connectivity index (χ0n) is 7.88. The van der Waals surface area contributed by atoms with E-state index in [4.69, 9.17) is 5.14 Å². The lowest BCUT2D eigenvalue weighted by Crippen LogP contribution is -2.06. The van der Waals surface area contributed by atoms with Crippen LogP contribution >= 0.6 is 0 Å².